The van der Waals surface area contributed by atoms with Gasteiger partial charge in [-0.3, -0.25) is 24.3 Å². The standard InChI is InChI=1S/C16H14ClN3O5S/c1-2-5-26(24,25)11-4-3-8(17)6-10(11)20-12(21)7-9-13(14(20)18)16(23)19-15(9)22/h3-4,6-7H,2,5,18H2,1H3,(H,19,22,23). The summed E-state index contributed by atoms with van der Waals surface area (Å²) in [6.45, 7) is 1.71. The molecule has 136 valence electrons. The molecule has 0 fully saturated rings. The number of carbonyl (C=O) groups is 2. The minimum atomic E-state index is -3.72. The van der Waals surface area contributed by atoms with E-state index in [1.165, 1.54) is 18.2 Å². The quantitative estimate of drug-likeness (QED) is 0.747. The Hall–Kier alpha value is -2.65. The zero-order valence-electron chi connectivity index (χ0n) is 13.6. The molecule has 2 amide bonds. The predicted octanol–water partition coefficient (Wildman–Crippen LogP) is 1.14. The van der Waals surface area contributed by atoms with Crippen LogP contribution in [0.3, 0.4) is 0 Å². The first-order valence-corrected chi connectivity index (χ1v) is 9.64. The summed E-state index contributed by atoms with van der Waals surface area (Å²) in [7, 11) is -3.72. The summed E-state index contributed by atoms with van der Waals surface area (Å²) < 4.78 is 26.0. The van der Waals surface area contributed by atoms with E-state index in [1.807, 2.05) is 0 Å². The van der Waals surface area contributed by atoms with Crippen LogP contribution in [0.25, 0.3) is 5.69 Å². The second kappa shape index (κ2) is 6.26. The molecule has 1 aromatic carbocycles. The Bertz CT molecular complexity index is 1120. The normalized spacial score (nSPS) is 13.6. The lowest BCUT2D eigenvalue weighted by Gasteiger charge is -2.16. The second-order valence-electron chi connectivity index (χ2n) is 5.71. The number of nitrogens with one attached hydrogen (secondary N) is 1. The number of anilines is 1. The van der Waals surface area contributed by atoms with E-state index in [4.69, 9.17) is 17.3 Å². The molecule has 0 spiro atoms. The zero-order valence-corrected chi connectivity index (χ0v) is 15.1. The van der Waals surface area contributed by atoms with Crippen molar-refractivity contribution < 1.29 is 18.0 Å². The largest absolute Gasteiger partial charge is 0.384 e. The van der Waals surface area contributed by atoms with Gasteiger partial charge in [-0.25, -0.2) is 8.42 Å². The fourth-order valence-corrected chi connectivity index (χ4v) is 4.50. The van der Waals surface area contributed by atoms with Crippen LogP contribution in [-0.4, -0.2) is 30.6 Å². The summed E-state index contributed by atoms with van der Waals surface area (Å²) in [5, 5.41) is 2.23. The maximum absolute atomic E-state index is 12.6. The van der Waals surface area contributed by atoms with Crippen molar-refractivity contribution in [2.24, 2.45) is 0 Å². The van der Waals surface area contributed by atoms with Gasteiger partial charge in [-0.15, -0.1) is 0 Å². The number of sulfone groups is 1. The van der Waals surface area contributed by atoms with E-state index in [1.54, 1.807) is 6.92 Å². The third-order valence-electron chi connectivity index (χ3n) is 3.92. The number of hydrogen-bond donors (Lipinski definition) is 2. The molecule has 1 aromatic heterocycles. The molecule has 0 saturated carbocycles. The fraction of sp³-hybridized carbons (Fsp3) is 0.188. The SMILES string of the molecule is CCCS(=O)(=O)c1ccc(Cl)cc1-n1c(N)c2c(cc1=O)C(=O)NC2=O. The summed E-state index contributed by atoms with van der Waals surface area (Å²) in [4.78, 5) is 36.1. The average Bonchev–Trinajstić information content (AvgIpc) is 2.81. The lowest BCUT2D eigenvalue weighted by atomic mass is 10.1. The van der Waals surface area contributed by atoms with E-state index in [0.717, 1.165) is 10.6 Å². The number of hydrogen-bond acceptors (Lipinski definition) is 6. The molecule has 0 unspecified atom stereocenters. The number of nitrogen functional groups attached to an aromatic ring is 1. The van der Waals surface area contributed by atoms with Gasteiger partial charge in [0.2, 0.25) is 0 Å². The molecule has 1 aliphatic heterocycles. The highest BCUT2D eigenvalue weighted by molar-refractivity contribution is 7.91. The number of rotatable bonds is 4. The lowest BCUT2D eigenvalue weighted by Crippen LogP contribution is -2.25. The van der Waals surface area contributed by atoms with Crippen molar-refractivity contribution in [2.75, 3.05) is 11.5 Å². The second-order valence-corrected chi connectivity index (χ2v) is 8.22. The topological polar surface area (TPSA) is 128 Å². The number of carbonyl (C=O) groups excluding carboxylic acids is 2. The van der Waals surface area contributed by atoms with Crippen LogP contribution in [0.4, 0.5) is 5.82 Å². The summed E-state index contributed by atoms with van der Waals surface area (Å²) in [6.07, 6.45) is 0.371. The number of fused-ring (bicyclic) bond motifs is 1. The Morgan fingerprint density at radius 2 is 1.85 bits per heavy atom. The molecule has 2 aromatic rings. The molecule has 26 heavy (non-hydrogen) atoms. The molecule has 3 rings (SSSR count). The Morgan fingerprint density at radius 3 is 2.50 bits per heavy atom. The summed E-state index contributed by atoms with van der Waals surface area (Å²) >= 11 is 5.98. The number of halogens is 1. The van der Waals surface area contributed by atoms with Crippen molar-refractivity contribution in [1.29, 1.82) is 0 Å². The van der Waals surface area contributed by atoms with Crippen LogP contribution in [0, 0.1) is 0 Å². The van der Waals surface area contributed by atoms with Crippen LogP contribution >= 0.6 is 11.6 Å². The van der Waals surface area contributed by atoms with Crippen LogP contribution in [0.2, 0.25) is 5.02 Å². The third kappa shape index (κ3) is 2.78. The first kappa shape index (κ1) is 18.2. The Morgan fingerprint density at radius 1 is 1.15 bits per heavy atom. The van der Waals surface area contributed by atoms with Crippen molar-refractivity contribution in [3.8, 4) is 5.69 Å². The van der Waals surface area contributed by atoms with Crippen molar-refractivity contribution in [2.45, 2.75) is 18.2 Å². The third-order valence-corrected chi connectivity index (χ3v) is 6.12. The van der Waals surface area contributed by atoms with Crippen LogP contribution in [0.1, 0.15) is 34.1 Å². The van der Waals surface area contributed by atoms with Crippen molar-refractivity contribution in [1.82, 2.24) is 9.88 Å². The van der Waals surface area contributed by atoms with Crippen molar-refractivity contribution >= 4 is 39.1 Å². The van der Waals surface area contributed by atoms with Crippen LogP contribution in [0.5, 0.6) is 0 Å². The number of imide groups is 1. The molecule has 0 aliphatic carbocycles. The molecule has 0 saturated heterocycles. The smallest absolute Gasteiger partial charge is 0.262 e. The monoisotopic (exact) mass is 395 g/mol. The Balaban J connectivity index is 2.38. The Labute approximate surface area is 153 Å². The molecule has 8 nitrogen and oxygen atoms in total. The van der Waals surface area contributed by atoms with Gasteiger partial charge in [0, 0.05) is 11.1 Å². The number of aromatic nitrogens is 1. The van der Waals surface area contributed by atoms with Crippen molar-refractivity contribution in [3.05, 3.63) is 50.8 Å². The van der Waals surface area contributed by atoms with E-state index in [0.29, 0.717) is 6.42 Å². The molecule has 2 heterocycles. The highest BCUT2D eigenvalue weighted by atomic mass is 35.5. The van der Waals surface area contributed by atoms with E-state index >= 15 is 0 Å². The molecular formula is C16H14ClN3O5S. The number of pyridine rings is 1. The van der Waals surface area contributed by atoms with E-state index in [-0.39, 0.29) is 38.3 Å². The Kier molecular flexibility index (Phi) is 4.37. The minimum Gasteiger partial charge on any atom is -0.384 e. The van der Waals surface area contributed by atoms with Gasteiger partial charge in [0.05, 0.1) is 27.5 Å². The molecule has 0 bridgehead atoms. The first-order valence-electron chi connectivity index (χ1n) is 7.61. The summed E-state index contributed by atoms with van der Waals surface area (Å²) in [5.41, 5.74) is 4.84. The van der Waals surface area contributed by atoms with E-state index < -0.39 is 27.2 Å². The highest BCUT2D eigenvalue weighted by Crippen LogP contribution is 2.29. The van der Waals surface area contributed by atoms with Crippen molar-refractivity contribution in [3.63, 3.8) is 0 Å². The van der Waals surface area contributed by atoms with Gasteiger partial charge in [-0.05, 0) is 24.6 Å². The van der Waals surface area contributed by atoms with Gasteiger partial charge in [-0.1, -0.05) is 18.5 Å². The minimum absolute atomic E-state index is 0.0663. The molecule has 1 aliphatic rings. The number of benzene rings is 1. The van der Waals surface area contributed by atoms with Gasteiger partial charge in [0.25, 0.3) is 17.4 Å². The van der Waals surface area contributed by atoms with Crippen LogP contribution in [-0.2, 0) is 9.84 Å². The number of amides is 2. The predicted molar refractivity (Wildman–Crippen MR) is 95.6 cm³/mol. The summed E-state index contributed by atoms with van der Waals surface area (Å²) in [5.74, 6) is -1.95. The van der Waals surface area contributed by atoms with Gasteiger partial charge >= 0.3 is 0 Å². The van der Waals surface area contributed by atoms with Crippen LogP contribution < -0.4 is 16.6 Å². The number of nitrogens with zero attached hydrogens (tertiary/aromatic N) is 1. The van der Waals surface area contributed by atoms with E-state index in [9.17, 15) is 22.8 Å². The van der Waals surface area contributed by atoms with Gasteiger partial charge < -0.3 is 5.73 Å². The molecule has 0 atom stereocenters. The van der Waals surface area contributed by atoms with Crippen LogP contribution in [0.15, 0.2) is 34.0 Å². The molecule has 0 radical (unpaired) electrons. The van der Waals surface area contributed by atoms with Gasteiger partial charge in [0.15, 0.2) is 9.84 Å². The first-order chi connectivity index (χ1) is 12.2. The lowest BCUT2D eigenvalue weighted by molar-refractivity contribution is 0.0880. The van der Waals surface area contributed by atoms with Gasteiger partial charge in [-0.2, -0.15) is 0 Å². The maximum Gasteiger partial charge on any atom is 0.262 e. The average molecular weight is 396 g/mol. The fourth-order valence-electron chi connectivity index (χ4n) is 2.83. The molecule has 10 heteroatoms. The number of nitrogens with two attached hydrogens (primary N) is 1. The highest BCUT2D eigenvalue weighted by Gasteiger charge is 2.33. The zero-order chi connectivity index (χ0) is 19.2. The molecule has 3 N–H and O–H groups in total. The summed E-state index contributed by atoms with van der Waals surface area (Å²) in [6, 6.07) is 4.90. The molecular weight excluding hydrogens is 382 g/mol. The van der Waals surface area contributed by atoms with E-state index in [2.05, 4.69) is 5.32 Å². The van der Waals surface area contributed by atoms with Gasteiger partial charge in [0.1, 0.15) is 5.82 Å². The maximum atomic E-state index is 12.6.